The van der Waals surface area contributed by atoms with E-state index in [4.69, 9.17) is 5.73 Å². The van der Waals surface area contributed by atoms with Crippen LogP contribution in [0.25, 0.3) is 0 Å². The largest absolute Gasteiger partial charge is 0.371 e. The van der Waals surface area contributed by atoms with Gasteiger partial charge in [-0.3, -0.25) is 4.79 Å². The van der Waals surface area contributed by atoms with Crippen LogP contribution < -0.4 is 10.6 Å². The molecule has 1 saturated heterocycles. The van der Waals surface area contributed by atoms with Gasteiger partial charge in [0, 0.05) is 43.8 Å². The molecule has 1 aromatic carbocycles. The number of halogens is 2. The molecule has 0 radical (unpaired) electrons. The Morgan fingerprint density at radius 3 is 2.48 bits per heavy atom. The molecule has 1 fully saturated rings. The molecule has 138 valence electrons. The Hall–Kier alpha value is -1.34. The zero-order chi connectivity index (χ0) is 16.2. The van der Waals surface area contributed by atoms with Gasteiger partial charge in [-0.05, 0) is 25.0 Å². The van der Waals surface area contributed by atoms with Crippen LogP contribution >= 0.6 is 36.2 Å². The maximum atomic E-state index is 12.5. The van der Waals surface area contributed by atoms with Crippen molar-refractivity contribution in [3.8, 4) is 0 Å². The number of thiazole rings is 1. The standard InChI is InChI=1S/C17H22N4OS.2ClH/c1-20(13-5-3-2-4-6-13)14-7-9-21(10-8-14)17(22)15-12-23-16(11-18)19-15;;/h2-6,12,14H,7-11,18H2,1H3;2*1H. The maximum absolute atomic E-state index is 12.5. The highest BCUT2D eigenvalue weighted by atomic mass is 35.5. The van der Waals surface area contributed by atoms with E-state index in [1.807, 2.05) is 16.3 Å². The van der Waals surface area contributed by atoms with Crippen molar-refractivity contribution in [1.29, 1.82) is 0 Å². The summed E-state index contributed by atoms with van der Waals surface area (Å²) in [6, 6.07) is 10.9. The van der Waals surface area contributed by atoms with E-state index in [1.165, 1.54) is 17.0 Å². The first kappa shape index (κ1) is 21.7. The summed E-state index contributed by atoms with van der Waals surface area (Å²) < 4.78 is 0. The van der Waals surface area contributed by atoms with E-state index in [0.29, 0.717) is 18.3 Å². The smallest absolute Gasteiger partial charge is 0.273 e. The fraction of sp³-hybridized carbons (Fsp3) is 0.412. The Bertz CT molecular complexity index is 660. The number of amides is 1. The number of para-hydroxylation sites is 1. The van der Waals surface area contributed by atoms with Gasteiger partial charge in [-0.2, -0.15) is 0 Å². The first-order valence-electron chi connectivity index (χ1n) is 7.90. The van der Waals surface area contributed by atoms with Crippen molar-refractivity contribution in [2.45, 2.75) is 25.4 Å². The van der Waals surface area contributed by atoms with E-state index in [9.17, 15) is 4.79 Å². The molecule has 25 heavy (non-hydrogen) atoms. The molecule has 0 bridgehead atoms. The van der Waals surface area contributed by atoms with Gasteiger partial charge in [0.25, 0.3) is 5.91 Å². The lowest BCUT2D eigenvalue weighted by atomic mass is 10.0. The Morgan fingerprint density at radius 1 is 1.28 bits per heavy atom. The van der Waals surface area contributed by atoms with Crippen molar-refractivity contribution < 1.29 is 4.79 Å². The molecule has 2 aromatic rings. The van der Waals surface area contributed by atoms with Gasteiger partial charge in [0.1, 0.15) is 10.7 Å². The number of carbonyl (C=O) groups excluding carboxylic acids is 1. The van der Waals surface area contributed by atoms with Crippen LogP contribution in [-0.4, -0.2) is 42.0 Å². The molecule has 0 spiro atoms. The van der Waals surface area contributed by atoms with Crippen LogP contribution in [0.5, 0.6) is 0 Å². The maximum Gasteiger partial charge on any atom is 0.273 e. The predicted octanol–water partition coefficient (Wildman–Crippen LogP) is 3.19. The van der Waals surface area contributed by atoms with E-state index in [0.717, 1.165) is 30.9 Å². The lowest BCUT2D eigenvalue weighted by molar-refractivity contribution is 0.0708. The molecule has 0 atom stereocenters. The molecular formula is C17H24Cl2N4OS. The van der Waals surface area contributed by atoms with E-state index in [-0.39, 0.29) is 30.7 Å². The molecule has 0 unspecified atom stereocenters. The number of carbonyl (C=O) groups is 1. The van der Waals surface area contributed by atoms with E-state index >= 15 is 0 Å². The van der Waals surface area contributed by atoms with Crippen LogP contribution in [0.15, 0.2) is 35.7 Å². The van der Waals surface area contributed by atoms with Crippen LogP contribution in [0, 0.1) is 0 Å². The van der Waals surface area contributed by atoms with Crippen molar-refractivity contribution in [1.82, 2.24) is 9.88 Å². The van der Waals surface area contributed by atoms with E-state index < -0.39 is 0 Å². The average Bonchev–Trinajstić information content (AvgIpc) is 3.10. The second-order valence-electron chi connectivity index (χ2n) is 5.80. The topological polar surface area (TPSA) is 62.5 Å². The number of hydrogen-bond acceptors (Lipinski definition) is 5. The molecule has 1 aliphatic rings. The summed E-state index contributed by atoms with van der Waals surface area (Å²) in [7, 11) is 2.13. The van der Waals surface area contributed by atoms with Crippen LogP contribution in [0.1, 0.15) is 28.3 Å². The summed E-state index contributed by atoms with van der Waals surface area (Å²) in [5.74, 6) is 0.0294. The fourth-order valence-electron chi connectivity index (χ4n) is 3.00. The second-order valence-corrected chi connectivity index (χ2v) is 6.74. The fourth-order valence-corrected chi connectivity index (χ4v) is 3.64. The zero-order valence-electron chi connectivity index (χ0n) is 14.1. The highest BCUT2D eigenvalue weighted by Gasteiger charge is 2.27. The number of anilines is 1. The number of benzene rings is 1. The molecule has 1 aliphatic heterocycles. The summed E-state index contributed by atoms with van der Waals surface area (Å²) in [4.78, 5) is 21.0. The predicted molar refractivity (Wildman–Crippen MR) is 108 cm³/mol. The Morgan fingerprint density at radius 2 is 1.92 bits per heavy atom. The van der Waals surface area contributed by atoms with Gasteiger partial charge in [-0.1, -0.05) is 18.2 Å². The van der Waals surface area contributed by atoms with Crippen molar-refractivity contribution >= 4 is 47.7 Å². The molecule has 1 amide bonds. The first-order valence-corrected chi connectivity index (χ1v) is 8.78. The van der Waals surface area contributed by atoms with E-state index in [1.54, 1.807) is 0 Å². The van der Waals surface area contributed by atoms with Gasteiger partial charge < -0.3 is 15.5 Å². The summed E-state index contributed by atoms with van der Waals surface area (Å²) in [5.41, 5.74) is 7.32. The van der Waals surface area contributed by atoms with Crippen molar-refractivity contribution in [2.75, 3.05) is 25.0 Å². The molecule has 1 aromatic heterocycles. The summed E-state index contributed by atoms with van der Waals surface area (Å²) in [5, 5.41) is 2.62. The third-order valence-electron chi connectivity index (χ3n) is 4.41. The van der Waals surface area contributed by atoms with Crippen LogP contribution in [0.3, 0.4) is 0 Å². The third kappa shape index (κ3) is 5.07. The van der Waals surface area contributed by atoms with Crippen molar-refractivity contribution in [3.05, 3.63) is 46.4 Å². The van der Waals surface area contributed by atoms with Gasteiger partial charge in [0.15, 0.2) is 0 Å². The quantitative estimate of drug-likeness (QED) is 0.852. The highest BCUT2D eigenvalue weighted by Crippen LogP contribution is 2.23. The molecule has 3 rings (SSSR count). The highest BCUT2D eigenvalue weighted by molar-refractivity contribution is 7.09. The molecule has 2 heterocycles. The Balaban J connectivity index is 0.00000156. The number of rotatable bonds is 4. The molecule has 5 nitrogen and oxygen atoms in total. The summed E-state index contributed by atoms with van der Waals surface area (Å²) in [6.45, 7) is 1.94. The second kappa shape index (κ2) is 9.97. The van der Waals surface area contributed by atoms with Crippen molar-refractivity contribution in [2.24, 2.45) is 5.73 Å². The lowest BCUT2D eigenvalue weighted by Gasteiger charge is -2.37. The van der Waals surface area contributed by atoms with Crippen molar-refractivity contribution in [3.63, 3.8) is 0 Å². The zero-order valence-corrected chi connectivity index (χ0v) is 16.6. The molecule has 8 heteroatoms. The number of hydrogen-bond donors (Lipinski definition) is 1. The minimum Gasteiger partial charge on any atom is -0.371 e. The molecule has 0 aliphatic carbocycles. The van der Waals surface area contributed by atoms with Gasteiger partial charge in [0.2, 0.25) is 0 Å². The summed E-state index contributed by atoms with van der Waals surface area (Å²) >= 11 is 1.45. The normalized spacial score (nSPS) is 14.4. The number of aromatic nitrogens is 1. The first-order chi connectivity index (χ1) is 11.2. The monoisotopic (exact) mass is 402 g/mol. The molecular weight excluding hydrogens is 379 g/mol. The SMILES string of the molecule is CN(c1ccccc1)C1CCN(C(=O)c2csc(CN)n2)CC1.Cl.Cl. The Kier molecular flexibility index (Phi) is 8.65. The van der Waals surface area contributed by atoms with Gasteiger partial charge in [-0.25, -0.2) is 4.98 Å². The summed E-state index contributed by atoms with van der Waals surface area (Å²) in [6.07, 6.45) is 1.95. The number of nitrogens with zero attached hydrogens (tertiary/aromatic N) is 3. The van der Waals surface area contributed by atoms with Crippen LogP contribution in [0.2, 0.25) is 0 Å². The van der Waals surface area contributed by atoms with E-state index in [2.05, 4.69) is 41.2 Å². The number of likely N-dealkylation sites (tertiary alicyclic amines) is 1. The van der Waals surface area contributed by atoms with Gasteiger partial charge in [0.05, 0.1) is 0 Å². The lowest BCUT2D eigenvalue weighted by Crippen LogP contribution is -2.45. The van der Waals surface area contributed by atoms with Gasteiger partial charge >= 0.3 is 0 Å². The molecule has 0 saturated carbocycles. The van der Waals surface area contributed by atoms with Crippen LogP contribution in [0.4, 0.5) is 5.69 Å². The average molecular weight is 403 g/mol. The number of piperidine rings is 1. The minimum atomic E-state index is 0. The minimum absolute atomic E-state index is 0. The van der Waals surface area contributed by atoms with Gasteiger partial charge in [-0.15, -0.1) is 36.2 Å². The number of nitrogens with two attached hydrogens (primary N) is 1. The Labute approximate surface area is 165 Å². The third-order valence-corrected chi connectivity index (χ3v) is 5.28. The molecule has 2 N–H and O–H groups in total. The van der Waals surface area contributed by atoms with Crippen LogP contribution in [-0.2, 0) is 6.54 Å².